The van der Waals surface area contributed by atoms with Crippen LogP contribution in [0.4, 0.5) is 0 Å². The van der Waals surface area contributed by atoms with Crippen LogP contribution in [0.2, 0.25) is 0 Å². The van der Waals surface area contributed by atoms with Gasteiger partial charge in [0, 0.05) is 13.6 Å². The Morgan fingerprint density at radius 1 is 1.33 bits per heavy atom. The normalized spacial score (nSPS) is 10.4. The summed E-state index contributed by atoms with van der Waals surface area (Å²) >= 11 is 5.02. The lowest BCUT2D eigenvalue weighted by atomic mass is 10.3. The van der Waals surface area contributed by atoms with E-state index in [9.17, 15) is 4.79 Å². The molecular formula is C14H19N5OS. The number of aryl methyl sites for hydroxylation is 1. The maximum Gasteiger partial charge on any atom is 0.245 e. The van der Waals surface area contributed by atoms with Crippen molar-refractivity contribution in [3.63, 3.8) is 0 Å². The van der Waals surface area contributed by atoms with Gasteiger partial charge in [-0.05, 0) is 30.8 Å². The molecule has 0 aliphatic carbocycles. The van der Waals surface area contributed by atoms with Gasteiger partial charge in [-0.2, -0.15) is 0 Å². The number of carbonyl (C=O) groups excluding carboxylic acids is 1. The second-order valence-electron chi connectivity index (χ2n) is 4.68. The van der Waals surface area contributed by atoms with Gasteiger partial charge in [-0.15, -0.1) is 0 Å². The standard InChI is InChI=1S/C14H19N5OS/c1-3-8-15-14(21)18-17-13(20)9-12-16-10-6-4-5-7-11(10)19(12)2/h4-7H,3,8-9H2,1-2H3,(H,17,20)(H2,15,18,21). The van der Waals surface area contributed by atoms with Crippen molar-refractivity contribution in [3.05, 3.63) is 30.1 Å². The Morgan fingerprint density at radius 3 is 2.81 bits per heavy atom. The van der Waals surface area contributed by atoms with Crippen molar-refractivity contribution < 1.29 is 4.79 Å². The number of imidazole rings is 1. The number of nitrogens with one attached hydrogen (secondary N) is 3. The summed E-state index contributed by atoms with van der Waals surface area (Å²) in [6.45, 7) is 2.81. The molecule has 0 aliphatic heterocycles. The second-order valence-corrected chi connectivity index (χ2v) is 5.09. The molecule has 1 aromatic heterocycles. The highest BCUT2D eigenvalue weighted by Gasteiger charge is 2.11. The van der Waals surface area contributed by atoms with Crippen LogP contribution in [0.5, 0.6) is 0 Å². The molecule has 6 nitrogen and oxygen atoms in total. The van der Waals surface area contributed by atoms with Crippen molar-refractivity contribution in [1.82, 2.24) is 25.7 Å². The first-order valence-electron chi connectivity index (χ1n) is 6.85. The highest BCUT2D eigenvalue weighted by atomic mass is 32.1. The topological polar surface area (TPSA) is 71.0 Å². The summed E-state index contributed by atoms with van der Waals surface area (Å²) in [5.74, 6) is 0.525. The molecule has 0 saturated heterocycles. The van der Waals surface area contributed by atoms with Gasteiger partial charge in [0.05, 0.1) is 17.5 Å². The summed E-state index contributed by atoms with van der Waals surface area (Å²) in [6.07, 6.45) is 1.16. The first-order chi connectivity index (χ1) is 10.1. The summed E-state index contributed by atoms with van der Waals surface area (Å²) < 4.78 is 1.92. The molecule has 112 valence electrons. The van der Waals surface area contributed by atoms with Gasteiger partial charge in [-0.1, -0.05) is 19.1 Å². The van der Waals surface area contributed by atoms with Crippen LogP contribution in [-0.2, 0) is 18.3 Å². The lowest BCUT2D eigenvalue weighted by molar-refractivity contribution is -0.121. The number of hydrogen-bond acceptors (Lipinski definition) is 3. The lowest BCUT2D eigenvalue weighted by Crippen LogP contribution is -2.47. The average molecular weight is 305 g/mol. The number of aromatic nitrogens is 2. The molecule has 0 saturated carbocycles. The van der Waals surface area contributed by atoms with Crippen molar-refractivity contribution in [1.29, 1.82) is 0 Å². The number of amides is 1. The van der Waals surface area contributed by atoms with E-state index in [1.54, 1.807) is 0 Å². The molecule has 7 heteroatoms. The maximum absolute atomic E-state index is 11.9. The van der Waals surface area contributed by atoms with Crippen LogP contribution in [0.3, 0.4) is 0 Å². The minimum atomic E-state index is -0.186. The van der Waals surface area contributed by atoms with E-state index in [0.717, 1.165) is 24.0 Å². The zero-order valence-corrected chi connectivity index (χ0v) is 13.0. The number of thiocarbonyl (C=S) groups is 1. The summed E-state index contributed by atoms with van der Waals surface area (Å²) in [7, 11) is 1.90. The zero-order valence-electron chi connectivity index (χ0n) is 12.1. The Morgan fingerprint density at radius 2 is 2.10 bits per heavy atom. The monoisotopic (exact) mass is 305 g/mol. The summed E-state index contributed by atoms with van der Waals surface area (Å²) in [4.78, 5) is 16.4. The van der Waals surface area contributed by atoms with Crippen LogP contribution in [0.1, 0.15) is 19.2 Å². The molecule has 0 bridgehead atoms. The number of fused-ring (bicyclic) bond motifs is 1. The van der Waals surface area contributed by atoms with Gasteiger partial charge in [0.25, 0.3) is 0 Å². The lowest BCUT2D eigenvalue weighted by Gasteiger charge is -2.10. The van der Waals surface area contributed by atoms with Gasteiger partial charge in [-0.25, -0.2) is 4.98 Å². The summed E-state index contributed by atoms with van der Waals surface area (Å²) in [5.41, 5.74) is 7.13. The third kappa shape index (κ3) is 3.91. The highest BCUT2D eigenvalue weighted by molar-refractivity contribution is 7.80. The number of carbonyl (C=O) groups is 1. The molecule has 0 unspecified atom stereocenters. The SMILES string of the molecule is CCCNC(=S)NNC(=O)Cc1nc2ccccc2n1C. The Hall–Kier alpha value is -2.15. The van der Waals surface area contributed by atoms with E-state index in [2.05, 4.69) is 21.2 Å². The Bertz CT molecular complexity index is 652. The van der Waals surface area contributed by atoms with Gasteiger partial charge < -0.3 is 9.88 Å². The minimum absolute atomic E-state index is 0.186. The average Bonchev–Trinajstić information content (AvgIpc) is 2.80. The van der Waals surface area contributed by atoms with Gasteiger partial charge in [0.15, 0.2) is 5.11 Å². The first-order valence-corrected chi connectivity index (χ1v) is 7.25. The van der Waals surface area contributed by atoms with Crippen molar-refractivity contribution in [2.24, 2.45) is 7.05 Å². The zero-order chi connectivity index (χ0) is 15.2. The summed E-state index contributed by atoms with van der Waals surface area (Å²) in [6, 6.07) is 7.79. The molecule has 0 aliphatic rings. The molecule has 0 fully saturated rings. The molecule has 1 heterocycles. The van der Waals surface area contributed by atoms with E-state index in [1.165, 1.54) is 0 Å². The summed E-state index contributed by atoms with van der Waals surface area (Å²) in [5, 5.41) is 3.38. The van der Waals surface area contributed by atoms with Gasteiger partial charge in [-0.3, -0.25) is 15.6 Å². The van der Waals surface area contributed by atoms with Gasteiger partial charge in [0.2, 0.25) is 5.91 Å². The van der Waals surface area contributed by atoms with Crippen molar-refractivity contribution in [2.45, 2.75) is 19.8 Å². The molecule has 1 amide bonds. The third-order valence-corrected chi connectivity index (χ3v) is 3.30. The molecule has 2 rings (SSSR count). The van der Waals surface area contributed by atoms with Crippen LogP contribution in [0.25, 0.3) is 11.0 Å². The molecule has 0 spiro atoms. The smallest absolute Gasteiger partial charge is 0.245 e. The van der Waals surface area contributed by atoms with Gasteiger partial charge >= 0.3 is 0 Å². The Labute approximate surface area is 128 Å². The number of rotatable bonds is 4. The number of nitrogens with zero attached hydrogens (tertiary/aromatic N) is 2. The molecular weight excluding hydrogens is 286 g/mol. The molecule has 3 N–H and O–H groups in total. The van der Waals surface area contributed by atoms with E-state index in [0.29, 0.717) is 10.9 Å². The molecule has 21 heavy (non-hydrogen) atoms. The number of para-hydroxylation sites is 2. The maximum atomic E-state index is 11.9. The molecule has 0 radical (unpaired) electrons. The van der Waals surface area contributed by atoms with Crippen LogP contribution in [-0.4, -0.2) is 27.1 Å². The predicted molar refractivity (Wildman–Crippen MR) is 86.6 cm³/mol. The van der Waals surface area contributed by atoms with E-state index < -0.39 is 0 Å². The first kappa shape index (κ1) is 15.2. The number of benzene rings is 1. The molecule has 0 atom stereocenters. The Balaban J connectivity index is 1.92. The number of hydrazine groups is 1. The molecule has 1 aromatic carbocycles. The van der Waals surface area contributed by atoms with Crippen molar-refractivity contribution in [3.8, 4) is 0 Å². The Kier molecular flexibility index (Phi) is 5.10. The quantitative estimate of drug-likeness (QED) is 0.581. The highest BCUT2D eigenvalue weighted by Crippen LogP contribution is 2.14. The van der Waals surface area contributed by atoms with E-state index in [4.69, 9.17) is 12.2 Å². The number of hydrogen-bond donors (Lipinski definition) is 3. The van der Waals surface area contributed by atoms with E-state index in [1.807, 2.05) is 42.8 Å². The van der Waals surface area contributed by atoms with Crippen molar-refractivity contribution >= 4 is 34.3 Å². The van der Waals surface area contributed by atoms with Gasteiger partial charge in [0.1, 0.15) is 5.82 Å². The largest absolute Gasteiger partial charge is 0.361 e. The van der Waals surface area contributed by atoms with Crippen LogP contribution in [0.15, 0.2) is 24.3 Å². The fourth-order valence-corrected chi connectivity index (χ4v) is 2.10. The van der Waals surface area contributed by atoms with E-state index in [-0.39, 0.29) is 12.3 Å². The fraction of sp³-hybridized carbons (Fsp3) is 0.357. The van der Waals surface area contributed by atoms with Crippen LogP contribution in [0, 0.1) is 0 Å². The van der Waals surface area contributed by atoms with Crippen molar-refractivity contribution in [2.75, 3.05) is 6.54 Å². The fourth-order valence-electron chi connectivity index (χ4n) is 1.95. The third-order valence-electron chi connectivity index (χ3n) is 3.05. The van der Waals surface area contributed by atoms with E-state index >= 15 is 0 Å². The predicted octanol–water partition coefficient (Wildman–Crippen LogP) is 1.02. The second kappa shape index (κ2) is 7.03. The minimum Gasteiger partial charge on any atom is -0.361 e. The molecule has 2 aromatic rings. The van der Waals surface area contributed by atoms with Crippen LogP contribution < -0.4 is 16.2 Å². The van der Waals surface area contributed by atoms with Crippen LogP contribution >= 0.6 is 12.2 Å².